The Hall–Kier alpha value is -3.61. The summed E-state index contributed by atoms with van der Waals surface area (Å²) < 4.78 is 7.06. The van der Waals surface area contributed by atoms with Gasteiger partial charge in [-0.25, -0.2) is 9.48 Å². The topological polar surface area (TPSA) is 67.7 Å². The van der Waals surface area contributed by atoms with Crippen LogP contribution in [0.4, 0.5) is 16.2 Å². The van der Waals surface area contributed by atoms with Crippen LogP contribution in [0.25, 0.3) is 5.69 Å². The number of fused-ring (bicyclic) bond motifs is 1. The smallest absolute Gasteiger partial charge is 0.414 e. The van der Waals surface area contributed by atoms with E-state index in [1.54, 1.807) is 27.6 Å². The molecule has 2 amide bonds. The average Bonchev–Trinajstić information content (AvgIpc) is 3.33. The Labute approximate surface area is 188 Å². The summed E-state index contributed by atoms with van der Waals surface area (Å²) in [5, 5.41) is 4.31. The highest BCUT2D eigenvalue weighted by atomic mass is 16.6. The summed E-state index contributed by atoms with van der Waals surface area (Å²) in [6.07, 6.45) is 3.82. The van der Waals surface area contributed by atoms with E-state index < -0.39 is 0 Å². The van der Waals surface area contributed by atoms with E-state index in [-0.39, 0.29) is 18.0 Å². The predicted octanol–water partition coefficient (Wildman–Crippen LogP) is 4.89. The lowest BCUT2D eigenvalue weighted by Gasteiger charge is -2.42. The molecule has 0 fully saturated rings. The zero-order valence-corrected chi connectivity index (χ0v) is 18.9. The summed E-state index contributed by atoms with van der Waals surface area (Å²) >= 11 is 0. The number of amides is 2. The van der Waals surface area contributed by atoms with Gasteiger partial charge in [0, 0.05) is 18.9 Å². The van der Waals surface area contributed by atoms with E-state index >= 15 is 0 Å². The SMILES string of the molecule is CCOC(=O)N1c2cc(C)c(C)cc2N(C(=O)c2ccccc2-n2cccn2)CC1CC. The highest BCUT2D eigenvalue weighted by Gasteiger charge is 2.38. The van der Waals surface area contributed by atoms with Gasteiger partial charge in [-0.1, -0.05) is 19.1 Å². The van der Waals surface area contributed by atoms with Gasteiger partial charge >= 0.3 is 6.09 Å². The third-order valence-electron chi connectivity index (χ3n) is 5.97. The van der Waals surface area contributed by atoms with Crippen molar-refractivity contribution in [2.45, 2.75) is 40.2 Å². The molecule has 1 aliphatic heterocycles. The molecule has 4 rings (SSSR count). The van der Waals surface area contributed by atoms with Crippen LogP contribution in [-0.4, -0.2) is 41.0 Å². The predicted molar refractivity (Wildman–Crippen MR) is 125 cm³/mol. The second kappa shape index (κ2) is 8.86. The Morgan fingerprint density at radius 2 is 1.75 bits per heavy atom. The van der Waals surface area contributed by atoms with Crippen LogP contribution in [0.1, 0.15) is 41.8 Å². The first-order chi connectivity index (χ1) is 15.5. The second-order valence-corrected chi connectivity index (χ2v) is 7.94. The van der Waals surface area contributed by atoms with Gasteiger partial charge in [0.1, 0.15) is 0 Å². The third-order valence-corrected chi connectivity index (χ3v) is 5.97. The highest BCUT2D eigenvalue weighted by molar-refractivity contribution is 6.12. The first-order valence-corrected chi connectivity index (χ1v) is 10.9. The van der Waals surface area contributed by atoms with Gasteiger partial charge in [-0.05, 0) is 68.7 Å². The molecule has 1 aromatic heterocycles. The van der Waals surface area contributed by atoms with Gasteiger partial charge in [-0.2, -0.15) is 5.10 Å². The molecule has 166 valence electrons. The second-order valence-electron chi connectivity index (χ2n) is 7.94. The van der Waals surface area contributed by atoms with E-state index in [1.807, 2.05) is 69.4 Å². The average molecular weight is 433 g/mol. The van der Waals surface area contributed by atoms with Crippen molar-refractivity contribution < 1.29 is 14.3 Å². The maximum absolute atomic E-state index is 13.9. The number of hydrogen-bond donors (Lipinski definition) is 0. The number of benzene rings is 2. The number of anilines is 2. The van der Waals surface area contributed by atoms with E-state index in [0.29, 0.717) is 42.2 Å². The Morgan fingerprint density at radius 1 is 1.03 bits per heavy atom. The van der Waals surface area contributed by atoms with E-state index in [2.05, 4.69) is 5.10 Å². The number of hydrogen-bond acceptors (Lipinski definition) is 4. The number of carbonyl (C=O) groups is 2. The summed E-state index contributed by atoms with van der Waals surface area (Å²) in [4.78, 5) is 30.2. The van der Waals surface area contributed by atoms with Crippen LogP contribution in [-0.2, 0) is 4.74 Å². The van der Waals surface area contributed by atoms with Gasteiger partial charge in [0.25, 0.3) is 5.91 Å². The Kier molecular flexibility index (Phi) is 5.99. The number of carbonyl (C=O) groups excluding carboxylic acids is 2. The molecular formula is C25H28N4O3. The van der Waals surface area contributed by atoms with Crippen LogP contribution in [0.2, 0.25) is 0 Å². The van der Waals surface area contributed by atoms with Crippen LogP contribution in [0.3, 0.4) is 0 Å². The molecule has 0 N–H and O–H groups in total. The van der Waals surface area contributed by atoms with E-state index in [0.717, 1.165) is 11.1 Å². The summed E-state index contributed by atoms with van der Waals surface area (Å²) in [7, 11) is 0. The van der Waals surface area contributed by atoms with Crippen LogP contribution < -0.4 is 9.80 Å². The van der Waals surface area contributed by atoms with Crippen molar-refractivity contribution in [3.63, 3.8) is 0 Å². The van der Waals surface area contributed by atoms with Crippen molar-refractivity contribution in [1.29, 1.82) is 0 Å². The number of aryl methyl sites for hydroxylation is 2. The summed E-state index contributed by atoms with van der Waals surface area (Å²) in [6.45, 7) is 8.52. The molecule has 7 nitrogen and oxygen atoms in total. The Morgan fingerprint density at radius 3 is 2.41 bits per heavy atom. The molecule has 0 spiro atoms. The van der Waals surface area contributed by atoms with Crippen LogP contribution in [0.15, 0.2) is 54.9 Å². The van der Waals surface area contributed by atoms with Gasteiger partial charge in [0.15, 0.2) is 0 Å². The lowest BCUT2D eigenvalue weighted by Crippen LogP contribution is -2.53. The maximum Gasteiger partial charge on any atom is 0.414 e. The fourth-order valence-electron chi connectivity index (χ4n) is 4.14. The quantitative estimate of drug-likeness (QED) is 0.589. The fourth-order valence-corrected chi connectivity index (χ4v) is 4.14. The van der Waals surface area contributed by atoms with Gasteiger partial charge in [-0.15, -0.1) is 0 Å². The first-order valence-electron chi connectivity index (χ1n) is 10.9. The first kappa shape index (κ1) is 21.6. The number of nitrogens with zero attached hydrogens (tertiary/aromatic N) is 4. The molecule has 0 saturated carbocycles. The van der Waals surface area contributed by atoms with Crippen molar-refractivity contribution in [2.24, 2.45) is 0 Å². The van der Waals surface area contributed by atoms with Crippen LogP contribution >= 0.6 is 0 Å². The zero-order chi connectivity index (χ0) is 22.8. The van der Waals surface area contributed by atoms with E-state index in [1.165, 1.54) is 0 Å². The van der Waals surface area contributed by atoms with Crippen molar-refractivity contribution in [3.8, 4) is 5.69 Å². The Balaban J connectivity index is 1.84. The van der Waals surface area contributed by atoms with E-state index in [4.69, 9.17) is 4.74 Å². The lowest BCUT2D eigenvalue weighted by molar-refractivity contribution is 0.0981. The minimum absolute atomic E-state index is 0.123. The maximum atomic E-state index is 13.9. The number of rotatable bonds is 4. The molecule has 2 aromatic carbocycles. The molecule has 1 unspecified atom stereocenters. The molecule has 1 aliphatic rings. The van der Waals surface area contributed by atoms with E-state index in [9.17, 15) is 9.59 Å². The zero-order valence-electron chi connectivity index (χ0n) is 18.9. The molecule has 2 heterocycles. The van der Waals surface area contributed by atoms with Crippen molar-refractivity contribution in [2.75, 3.05) is 23.0 Å². The van der Waals surface area contributed by atoms with Crippen LogP contribution in [0.5, 0.6) is 0 Å². The number of aromatic nitrogens is 2. The van der Waals surface area contributed by atoms with Crippen molar-refractivity contribution in [3.05, 3.63) is 71.5 Å². The third kappa shape index (κ3) is 3.75. The molecular weight excluding hydrogens is 404 g/mol. The molecule has 1 atom stereocenters. The fraction of sp³-hybridized carbons (Fsp3) is 0.320. The van der Waals surface area contributed by atoms with Gasteiger partial charge in [-0.3, -0.25) is 9.69 Å². The molecule has 0 radical (unpaired) electrons. The van der Waals surface area contributed by atoms with Gasteiger partial charge < -0.3 is 9.64 Å². The number of ether oxygens (including phenoxy) is 1. The van der Waals surface area contributed by atoms with Crippen LogP contribution in [0, 0.1) is 13.8 Å². The summed E-state index contributed by atoms with van der Waals surface area (Å²) in [6, 6.07) is 13.0. The minimum atomic E-state index is -0.382. The molecule has 32 heavy (non-hydrogen) atoms. The normalized spacial score (nSPS) is 15.4. The number of para-hydroxylation sites is 1. The molecule has 0 saturated heterocycles. The lowest BCUT2D eigenvalue weighted by atomic mass is 9.99. The monoisotopic (exact) mass is 432 g/mol. The molecule has 0 aliphatic carbocycles. The molecule has 0 bridgehead atoms. The van der Waals surface area contributed by atoms with Crippen molar-refractivity contribution in [1.82, 2.24) is 9.78 Å². The molecule has 3 aromatic rings. The standard InChI is InChI=1S/C25H28N4O3/c1-5-19-16-27(24(30)20-10-7-8-11-21(20)28-13-9-12-26-28)22-14-17(3)18(4)15-23(22)29(19)25(31)32-6-2/h7-15,19H,5-6,16H2,1-4H3. The molecule has 7 heteroatoms. The highest BCUT2D eigenvalue weighted by Crippen LogP contribution is 2.40. The minimum Gasteiger partial charge on any atom is -0.449 e. The van der Waals surface area contributed by atoms with Gasteiger partial charge in [0.05, 0.1) is 35.3 Å². The summed E-state index contributed by atoms with van der Waals surface area (Å²) in [5.41, 5.74) is 4.80. The van der Waals surface area contributed by atoms with Crippen molar-refractivity contribution >= 4 is 23.4 Å². The summed E-state index contributed by atoms with van der Waals surface area (Å²) in [5.74, 6) is -0.123. The van der Waals surface area contributed by atoms with Gasteiger partial charge in [0.2, 0.25) is 0 Å². The largest absolute Gasteiger partial charge is 0.449 e. The Bertz CT molecular complexity index is 1140.